The highest BCUT2D eigenvalue weighted by molar-refractivity contribution is 7.22. The van der Waals surface area contributed by atoms with E-state index in [0.717, 1.165) is 44.9 Å². The Hall–Kier alpha value is -5.50. The van der Waals surface area contributed by atoms with Crippen LogP contribution < -0.4 is 19.4 Å². The topological polar surface area (TPSA) is 135 Å². The maximum atomic E-state index is 15.3. The van der Waals surface area contributed by atoms with E-state index in [4.69, 9.17) is 26.2 Å². The van der Waals surface area contributed by atoms with Crippen molar-refractivity contribution in [2.75, 3.05) is 47.6 Å². The van der Waals surface area contributed by atoms with Gasteiger partial charge in [-0.25, -0.2) is 4.90 Å². The molecule has 14 heteroatoms. The molecule has 5 aromatic rings. The van der Waals surface area contributed by atoms with Crippen molar-refractivity contribution in [3.8, 4) is 22.1 Å². The number of hydrogen-bond donors (Lipinski definition) is 1. The fraction of sp³-hybridized carbons (Fsp3) is 0.370. The number of benzene rings is 3. The minimum Gasteiger partial charge on any atom is -0.504 e. The first kappa shape index (κ1) is 38.7. The molecule has 2 aromatic heterocycles. The van der Waals surface area contributed by atoms with Gasteiger partial charge in [-0.3, -0.25) is 28.8 Å². The molecule has 5 heterocycles. The van der Waals surface area contributed by atoms with Crippen molar-refractivity contribution in [2.24, 2.45) is 36.1 Å². The Morgan fingerprint density at radius 3 is 2.43 bits per heavy atom. The molecule has 308 valence electrons. The number of halogens is 1. The molecule has 1 N–H and O–H groups in total. The van der Waals surface area contributed by atoms with Crippen LogP contribution in [0.2, 0.25) is 5.02 Å². The summed E-state index contributed by atoms with van der Waals surface area (Å²) in [6.07, 6.45) is 2.55. The summed E-state index contributed by atoms with van der Waals surface area (Å²) in [4.78, 5) is 65.1. The molecule has 60 heavy (non-hydrogen) atoms. The highest BCUT2D eigenvalue weighted by atomic mass is 35.5. The number of allylic oxidation sites excluding steroid dienone is 2. The molecule has 1 saturated carbocycles. The molecule has 12 nitrogen and oxygen atoms in total. The van der Waals surface area contributed by atoms with E-state index >= 15 is 9.59 Å². The number of morpholine rings is 1. The zero-order valence-corrected chi connectivity index (χ0v) is 35.3. The summed E-state index contributed by atoms with van der Waals surface area (Å²) in [6.45, 7) is 8.79. The number of aromatic hydroxyl groups is 1. The maximum Gasteiger partial charge on any atom is 0.242 e. The van der Waals surface area contributed by atoms with Crippen LogP contribution in [0.15, 0.2) is 78.4 Å². The van der Waals surface area contributed by atoms with Crippen LogP contribution in [0, 0.1) is 36.0 Å². The van der Waals surface area contributed by atoms with Gasteiger partial charge in [-0.05, 0) is 111 Å². The van der Waals surface area contributed by atoms with Crippen LogP contribution in [0.3, 0.4) is 0 Å². The Bertz CT molecular complexity index is 2670. The van der Waals surface area contributed by atoms with E-state index in [1.54, 1.807) is 47.3 Å². The van der Waals surface area contributed by atoms with Gasteiger partial charge in [-0.15, -0.1) is 11.3 Å². The van der Waals surface area contributed by atoms with E-state index in [1.807, 2.05) is 69.3 Å². The minimum absolute atomic E-state index is 0.0455. The fourth-order valence-electron chi connectivity index (χ4n) is 10.7. The van der Waals surface area contributed by atoms with E-state index in [-0.39, 0.29) is 41.5 Å². The number of nitrogens with zero attached hydrogens (tertiary/aromatic N) is 5. The van der Waals surface area contributed by atoms with E-state index in [2.05, 4.69) is 4.90 Å². The Kier molecular flexibility index (Phi) is 9.23. The first-order valence-electron chi connectivity index (χ1n) is 20.5. The van der Waals surface area contributed by atoms with Crippen molar-refractivity contribution in [1.82, 2.24) is 9.78 Å². The number of fused-ring (bicyclic) bond motifs is 5. The zero-order chi connectivity index (χ0) is 41.8. The summed E-state index contributed by atoms with van der Waals surface area (Å²) >= 11 is 7.92. The third-order valence-corrected chi connectivity index (χ3v) is 15.1. The van der Waals surface area contributed by atoms with Crippen molar-refractivity contribution in [3.63, 3.8) is 0 Å². The second-order valence-electron chi connectivity index (χ2n) is 16.7. The van der Waals surface area contributed by atoms with E-state index in [0.29, 0.717) is 54.0 Å². The predicted octanol–water partition coefficient (Wildman–Crippen LogP) is 7.64. The Morgan fingerprint density at radius 1 is 0.933 bits per heavy atom. The quantitative estimate of drug-likeness (QED) is 0.130. The molecule has 0 radical (unpaired) electrons. The highest BCUT2D eigenvalue weighted by Crippen LogP contribution is 2.64. The van der Waals surface area contributed by atoms with Gasteiger partial charge in [0, 0.05) is 47.5 Å². The number of hydrogen-bond acceptors (Lipinski definition) is 10. The average molecular weight is 846 g/mol. The first-order chi connectivity index (χ1) is 28.9. The third kappa shape index (κ3) is 5.69. The predicted molar refractivity (Wildman–Crippen MR) is 230 cm³/mol. The molecule has 0 spiro atoms. The molecule has 4 amide bonds. The van der Waals surface area contributed by atoms with Gasteiger partial charge < -0.3 is 19.5 Å². The molecule has 0 bridgehead atoms. The van der Waals surface area contributed by atoms with Crippen LogP contribution in [-0.4, -0.2) is 71.4 Å². The van der Waals surface area contributed by atoms with Gasteiger partial charge in [0.25, 0.3) is 0 Å². The molecule has 3 aliphatic heterocycles. The van der Waals surface area contributed by atoms with Crippen LogP contribution >= 0.6 is 22.9 Å². The zero-order valence-electron chi connectivity index (χ0n) is 33.7. The number of aryl methyl sites for hydroxylation is 2. The second kappa shape index (κ2) is 14.3. The summed E-state index contributed by atoms with van der Waals surface area (Å²) in [5.74, 6) is -4.10. The van der Waals surface area contributed by atoms with Crippen LogP contribution in [0.5, 0.6) is 11.5 Å². The van der Waals surface area contributed by atoms with Crippen LogP contribution in [0.1, 0.15) is 43.7 Å². The van der Waals surface area contributed by atoms with E-state index in [9.17, 15) is 14.7 Å². The lowest BCUT2D eigenvalue weighted by atomic mass is 9.51. The maximum absolute atomic E-state index is 15.3. The lowest BCUT2D eigenvalue weighted by molar-refractivity contribution is -0.131. The number of amides is 4. The molecular formula is C46H44ClN5O7S. The number of thiophene rings is 1. The van der Waals surface area contributed by atoms with E-state index in [1.165, 1.54) is 9.80 Å². The summed E-state index contributed by atoms with van der Waals surface area (Å²) in [5.41, 5.74) is 3.38. The largest absolute Gasteiger partial charge is 0.504 e. The highest BCUT2D eigenvalue weighted by Gasteiger charge is 2.68. The number of phenols is 1. The molecule has 2 aliphatic carbocycles. The lowest BCUT2D eigenvalue weighted by Gasteiger charge is -2.49. The first-order valence-corrected chi connectivity index (χ1v) is 21.7. The van der Waals surface area contributed by atoms with Crippen molar-refractivity contribution < 1.29 is 33.8 Å². The van der Waals surface area contributed by atoms with Crippen LogP contribution in [0.4, 0.5) is 17.2 Å². The smallest absolute Gasteiger partial charge is 0.242 e. The third-order valence-electron chi connectivity index (χ3n) is 13.6. The summed E-state index contributed by atoms with van der Waals surface area (Å²) in [6, 6.07) is 20.1. The monoisotopic (exact) mass is 845 g/mol. The molecule has 10 rings (SSSR count). The van der Waals surface area contributed by atoms with Crippen molar-refractivity contribution in [2.45, 2.75) is 39.5 Å². The fourth-order valence-corrected chi connectivity index (χ4v) is 12.0. The summed E-state index contributed by atoms with van der Waals surface area (Å²) < 4.78 is 14.0. The van der Waals surface area contributed by atoms with Gasteiger partial charge in [0.1, 0.15) is 11.5 Å². The Labute approximate surface area is 355 Å². The number of carbonyl (C=O) groups is 4. The van der Waals surface area contributed by atoms with Gasteiger partial charge >= 0.3 is 0 Å². The number of carbonyl (C=O) groups excluding carboxylic acids is 4. The molecule has 4 fully saturated rings. The van der Waals surface area contributed by atoms with Crippen LogP contribution in [-0.2, 0) is 31.0 Å². The molecule has 6 unspecified atom stereocenters. The number of aromatic nitrogens is 2. The standard InChI is InChI=1S/C46H44ClN5O7S/c1-5-59-36-20-25(6-14-35(36)53)40-29-12-13-30-39(44(56)51(42(30)54)28-10-8-27(9-11-28)50-16-18-58-19-17-50)32(29)22-33-43(55)52(45(57)46(33,40)3)38-23-34(48-49(38)4)41-24(2)31-21-26(47)7-15-37(31)60-41/h6-12,14-15,20-21,23,30,32-33,39-40,53H,5,13,16-19,22H2,1-4H3. The van der Waals surface area contributed by atoms with Gasteiger partial charge in [0.2, 0.25) is 23.6 Å². The van der Waals surface area contributed by atoms with Crippen molar-refractivity contribution >= 4 is 73.8 Å². The van der Waals surface area contributed by atoms with Crippen LogP contribution in [0.25, 0.3) is 20.7 Å². The molecule has 3 saturated heterocycles. The van der Waals surface area contributed by atoms with Gasteiger partial charge in [0.05, 0.1) is 53.6 Å². The Balaban J connectivity index is 1.04. The minimum atomic E-state index is -1.29. The molecule has 6 atom stereocenters. The number of imide groups is 2. The molecule has 3 aromatic carbocycles. The molecule has 5 aliphatic rings. The van der Waals surface area contributed by atoms with Gasteiger partial charge in [0.15, 0.2) is 11.5 Å². The summed E-state index contributed by atoms with van der Waals surface area (Å²) in [7, 11) is 1.73. The van der Waals surface area contributed by atoms with Gasteiger partial charge in [-0.1, -0.05) is 29.3 Å². The molecular weight excluding hydrogens is 802 g/mol. The summed E-state index contributed by atoms with van der Waals surface area (Å²) in [5, 5.41) is 17.3. The SMILES string of the molecule is CCOc1cc(C2C3=CCC4C(=O)N(c5ccc(N6CCOCC6)cc5)C(=O)C4C3CC3C(=O)N(c4cc(-c5sc6ccc(Cl)cc6c5C)nn4C)C(=O)C32C)ccc1O. The van der Waals surface area contributed by atoms with Crippen molar-refractivity contribution in [1.29, 1.82) is 0 Å². The number of ether oxygens (including phenoxy) is 2. The number of anilines is 3. The van der Waals surface area contributed by atoms with Crippen molar-refractivity contribution in [3.05, 3.63) is 94.5 Å². The normalized spacial score (nSPS) is 26.4. The van der Waals surface area contributed by atoms with E-state index < -0.39 is 35.0 Å². The number of phenolic OH excluding ortho intramolecular Hbond substituents is 1. The lowest BCUT2D eigenvalue weighted by Crippen LogP contribution is -2.49. The number of rotatable bonds is 7. The van der Waals surface area contributed by atoms with Gasteiger partial charge in [-0.2, -0.15) is 5.10 Å². The Morgan fingerprint density at radius 2 is 1.68 bits per heavy atom. The average Bonchev–Trinajstić information content (AvgIpc) is 3.92. The second-order valence-corrected chi connectivity index (χ2v) is 18.1.